The van der Waals surface area contributed by atoms with Crippen LogP contribution in [0.2, 0.25) is 0 Å². The predicted molar refractivity (Wildman–Crippen MR) is 60.9 cm³/mol. The lowest BCUT2D eigenvalue weighted by molar-refractivity contribution is -0.137. The Balaban J connectivity index is 1.99. The molecule has 4 unspecified atom stereocenters. The van der Waals surface area contributed by atoms with Crippen LogP contribution in [0.15, 0.2) is 0 Å². The summed E-state index contributed by atoms with van der Waals surface area (Å²) in [6.45, 7) is 0. The van der Waals surface area contributed by atoms with Gasteiger partial charge in [-0.2, -0.15) is 0 Å². The van der Waals surface area contributed by atoms with Crippen LogP contribution >= 0.6 is 0 Å². The number of ketones is 1. The SMILES string of the molecule is O=C(C1CCCCC1O)C1CCCCC1O. The fourth-order valence-electron chi connectivity index (χ4n) is 3.16. The molecule has 0 heterocycles. The Hall–Kier alpha value is -0.410. The predicted octanol–water partition coefficient (Wildman–Crippen LogP) is 1.66. The highest BCUT2D eigenvalue weighted by molar-refractivity contribution is 5.84. The summed E-state index contributed by atoms with van der Waals surface area (Å²) in [7, 11) is 0. The first-order valence-corrected chi connectivity index (χ1v) is 6.60. The number of carbonyl (C=O) groups is 1. The van der Waals surface area contributed by atoms with Crippen molar-refractivity contribution in [3.05, 3.63) is 0 Å². The smallest absolute Gasteiger partial charge is 0.144 e. The van der Waals surface area contributed by atoms with Crippen LogP contribution in [-0.2, 0) is 4.79 Å². The Morgan fingerprint density at radius 1 is 0.750 bits per heavy atom. The first-order valence-electron chi connectivity index (χ1n) is 6.60. The van der Waals surface area contributed by atoms with Gasteiger partial charge in [0.25, 0.3) is 0 Å². The minimum absolute atomic E-state index is 0.124. The average Bonchev–Trinajstić information content (AvgIpc) is 2.29. The molecular weight excluding hydrogens is 204 g/mol. The van der Waals surface area contributed by atoms with Crippen LogP contribution in [0, 0.1) is 11.8 Å². The summed E-state index contributed by atoms with van der Waals surface area (Å²) in [5.74, 6) is -0.280. The number of hydrogen-bond donors (Lipinski definition) is 2. The highest BCUT2D eigenvalue weighted by Crippen LogP contribution is 2.33. The van der Waals surface area contributed by atoms with Gasteiger partial charge < -0.3 is 10.2 Å². The van der Waals surface area contributed by atoms with Gasteiger partial charge in [0.15, 0.2) is 0 Å². The van der Waals surface area contributed by atoms with E-state index in [1.807, 2.05) is 0 Å². The van der Waals surface area contributed by atoms with Crippen LogP contribution in [0.5, 0.6) is 0 Å². The quantitative estimate of drug-likeness (QED) is 0.753. The molecule has 0 radical (unpaired) electrons. The van der Waals surface area contributed by atoms with Crippen LogP contribution in [0.25, 0.3) is 0 Å². The first-order chi connectivity index (χ1) is 7.70. The van der Waals surface area contributed by atoms with Crippen LogP contribution in [0.3, 0.4) is 0 Å². The number of aliphatic hydroxyl groups excluding tert-OH is 2. The fourth-order valence-corrected chi connectivity index (χ4v) is 3.16. The normalized spacial score (nSPS) is 40.6. The molecule has 4 atom stereocenters. The van der Waals surface area contributed by atoms with Gasteiger partial charge in [-0.05, 0) is 25.7 Å². The fraction of sp³-hybridized carbons (Fsp3) is 0.923. The lowest BCUT2D eigenvalue weighted by atomic mass is 9.74. The van der Waals surface area contributed by atoms with Crippen LogP contribution in [0.1, 0.15) is 51.4 Å². The number of carbonyl (C=O) groups excluding carboxylic acids is 1. The number of aliphatic hydroxyl groups is 2. The second-order valence-corrected chi connectivity index (χ2v) is 5.32. The molecular formula is C13H22O3. The molecule has 0 aromatic carbocycles. The summed E-state index contributed by atoms with van der Waals surface area (Å²) in [5, 5.41) is 19.7. The Morgan fingerprint density at radius 3 is 1.50 bits per heavy atom. The Bertz CT molecular complexity index is 228. The molecule has 2 N–H and O–H groups in total. The monoisotopic (exact) mass is 226 g/mol. The maximum absolute atomic E-state index is 12.3. The molecule has 0 bridgehead atoms. The van der Waals surface area contributed by atoms with Crippen molar-refractivity contribution in [3.8, 4) is 0 Å². The number of Topliss-reactive ketones (excluding diaryl/α,β-unsaturated/α-hetero) is 1. The van der Waals surface area contributed by atoms with E-state index < -0.39 is 12.2 Å². The minimum atomic E-state index is -0.463. The van der Waals surface area contributed by atoms with E-state index >= 15 is 0 Å². The van der Waals surface area contributed by atoms with Crippen LogP contribution in [0.4, 0.5) is 0 Å². The van der Waals surface area contributed by atoms with E-state index in [-0.39, 0.29) is 17.6 Å². The maximum Gasteiger partial charge on any atom is 0.144 e. The van der Waals surface area contributed by atoms with Gasteiger partial charge >= 0.3 is 0 Å². The van der Waals surface area contributed by atoms with Crippen molar-refractivity contribution in [3.63, 3.8) is 0 Å². The van der Waals surface area contributed by atoms with Crippen molar-refractivity contribution in [1.82, 2.24) is 0 Å². The van der Waals surface area contributed by atoms with Gasteiger partial charge in [-0.3, -0.25) is 4.79 Å². The molecule has 0 aromatic heterocycles. The largest absolute Gasteiger partial charge is 0.392 e. The van der Waals surface area contributed by atoms with E-state index in [1.54, 1.807) is 0 Å². The molecule has 2 saturated carbocycles. The van der Waals surface area contributed by atoms with Gasteiger partial charge in [-0.15, -0.1) is 0 Å². The van der Waals surface area contributed by atoms with Gasteiger partial charge in [-0.25, -0.2) is 0 Å². The summed E-state index contributed by atoms with van der Waals surface area (Å²) in [6.07, 6.45) is 6.32. The average molecular weight is 226 g/mol. The van der Waals surface area contributed by atoms with E-state index in [9.17, 15) is 15.0 Å². The van der Waals surface area contributed by atoms with Crippen LogP contribution < -0.4 is 0 Å². The molecule has 0 saturated heterocycles. The van der Waals surface area contributed by atoms with E-state index in [1.165, 1.54) is 0 Å². The molecule has 0 aliphatic heterocycles. The Morgan fingerprint density at radius 2 is 1.12 bits per heavy atom. The Labute approximate surface area is 96.9 Å². The van der Waals surface area contributed by atoms with Gasteiger partial charge in [0.1, 0.15) is 5.78 Å². The standard InChI is InChI=1S/C13H22O3/c14-11-7-3-1-5-9(11)13(16)10-6-2-4-8-12(10)15/h9-12,14-15H,1-8H2. The summed E-state index contributed by atoms with van der Waals surface area (Å²) < 4.78 is 0. The van der Waals surface area contributed by atoms with Gasteiger partial charge in [0, 0.05) is 11.8 Å². The molecule has 2 rings (SSSR count). The molecule has 0 aromatic rings. The molecule has 3 nitrogen and oxygen atoms in total. The van der Waals surface area contributed by atoms with Crippen molar-refractivity contribution >= 4 is 5.78 Å². The molecule has 2 fully saturated rings. The van der Waals surface area contributed by atoms with E-state index in [0.29, 0.717) is 0 Å². The third kappa shape index (κ3) is 2.46. The second kappa shape index (κ2) is 5.28. The van der Waals surface area contributed by atoms with Crippen LogP contribution in [-0.4, -0.2) is 28.2 Å². The summed E-state index contributed by atoms with van der Waals surface area (Å²) in [5.41, 5.74) is 0. The lowest BCUT2D eigenvalue weighted by Crippen LogP contribution is -2.40. The topological polar surface area (TPSA) is 57.5 Å². The molecule has 0 spiro atoms. The molecule has 92 valence electrons. The van der Waals surface area contributed by atoms with E-state index in [0.717, 1.165) is 51.4 Å². The van der Waals surface area contributed by atoms with E-state index in [2.05, 4.69) is 0 Å². The number of hydrogen-bond acceptors (Lipinski definition) is 3. The van der Waals surface area contributed by atoms with Crippen molar-refractivity contribution in [2.75, 3.05) is 0 Å². The molecule has 2 aliphatic carbocycles. The van der Waals surface area contributed by atoms with Gasteiger partial charge in [0.2, 0.25) is 0 Å². The summed E-state index contributed by atoms with van der Waals surface area (Å²) >= 11 is 0. The van der Waals surface area contributed by atoms with Gasteiger partial charge in [0.05, 0.1) is 12.2 Å². The maximum atomic E-state index is 12.3. The second-order valence-electron chi connectivity index (χ2n) is 5.32. The highest BCUT2D eigenvalue weighted by atomic mass is 16.3. The third-order valence-corrected chi connectivity index (χ3v) is 4.19. The molecule has 0 amide bonds. The zero-order valence-electron chi connectivity index (χ0n) is 9.77. The zero-order chi connectivity index (χ0) is 11.5. The van der Waals surface area contributed by atoms with E-state index in [4.69, 9.17) is 0 Å². The lowest BCUT2D eigenvalue weighted by Gasteiger charge is -2.33. The third-order valence-electron chi connectivity index (χ3n) is 4.19. The summed E-state index contributed by atoms with van der Waals surface area (Å²) in [6, 6.07) is 0. The summed E-state index contributed by atoms with van der Waals surface area (Å²) in [4.78, 5) is 12.3. The molecule has 16 heavy (non-hydrogen) atoms. The number of rotatable bonds is 2. The molecule has 2 aliphatic rings. The first kappa shape index (κ1) is 12.1. The van der Waals surface area contributed by atoms with Crippen molar-refractivity contribution in [1.29, 1.82) is 0 Å². The zero-order valence-corrected chi connectivity index (χ0v) is 9.77. The van der Waals surface area contributed by atoms with Gasteiger partial charge in [-0.1, -0.05) is 25.7 Å². The highest BCUT2D eigenvalue weighted by Gasteiger charge is 2.37. The van der Waals surface area contributed by atoms with Crippen molar-refractivity contribution in [2.45, 2.75) is 63.6 Å². The van der Waals surface area contributed by atoms with Crippen molar-refractivity contribution < 1.29 is 15.0 Å². The Kier molecular flexibility index (Phi) is 3.98. The minimum Gasteiger partial charge on any atom is -0.392 e. The molecule has 3 heteroatoms. The van der Waals surface area contributed by atoms with Crippen molar-refractivity contribution in [2.24, 2.45) is 11.8 Å².